The van der Waals surface area contributed by atoms with E-state index in [4.69, 9.17) is 18.9 Å². The molecule has 1 aliphatic rings. The number of hydrogen-bond acceptors (Lipinski definition) is 8. The van der Waals surface area contributed by atoms with Gasteiger partial charge in [-0.25, -0.2) is 0 Å². The molecular formula is C37H54N4O8. The fourth-order valence-electron chi connectivity index (χ4n) is 5.68. The van der Waals surface area contributed by atoms with Crippen LogP contribution in [0.4, 0.5) is 0 Å². The number of aryl methyl sites for hydroxylation is 2. The number of rotatable bonds is 16. The summed E-state index contributed by atoms with van der Waals surface area (Å²) in [6.07, 6.45) is -5.01. The summed E-state index contributed by atoms with van der Waals surface area (Å²) >= 11 is 0. The molecule has 2 aromatic rings. The summed E-state index contributed by atoms with van der Waals surface area (Å²) in [5.74, 6) is -3.72. The van der Waals surface area contributed by atoms with Gasteiger partial charge in [0.2, 0.25) is 11.8 Å². The van der Waals surface area contributed by atoms with Crippen molar-refractivity contribution in [3.63, 3.8) is 0 Å². The Hall–Kier alpha value is -3.84. The van der Waals surface area contributed by atoms with Crippen molar-refractivity contribution in [2.45, 2.75) is 111 Å². The van der Waals surface area contributed by atoms with Gasteiger partial charge in [-0.05, 0) is 61.8 Å². The van der Waals surface area contributed by atoms with Crippen molar-refractivity contribution in [2.24, 2.45) is 11.8 Å². The van der Waals surface area contributed by atoms with Gasteiger partial charge in [-0.15, -0.1) is 0 Å². The molecule has 3 rings (SSSR count). The van der Waals surface area contributed by atoms with Crippen LogP contribution in [0.5, 0.6) is 0 Å². The van der Waals surface area contributed by atoms with E-state index in [1.165, 1.54) is 14.1 Å². The van der Waals surface area contributed by atoms with Gasteiger partial charge in [-0.1, -0.05) is 76.2 Å². The average Bonchev–Trinajstić information content (AvgIpc) is 3.37. The summed E-state index contributed by atoms with van der Waals surface area (Å²) in [5, 5.41) is 10.9. The van der Waals surface area contributed by atoms with Crippen LogP contribution in [0, 0.1) is 25.7 Å². The fraction of sp³-hybridized carbons (Fsp3) is 0.568. The number of amides is 4. The molecule has 1 heterocycles. The van der Waals surface area contributed by atoms with Gasteiger partial charge < -0.3 is 40.2 Å². The highest BCUT2D eigenvalue weighted by molar-refractivity contribution is 5.91. The predicted molar refractivity (Wildman–Crippen MR) is 185 cm³/mol. The van der Waals surface area contributed by atoms with Gasteiger partial charge in [0.1, 0.15) is 24.3 Å². The summed E-state index contributed by atoms with van der Waals surface area (Å²) < 4.78 is 25.5. The van der Waals surface area contributed by atoms with Crippen LogP contribution in [-0.4, -0.2) is 80.0 Å². The highest BCUT2D eigenvalue weighted by Crippen LogP contribution is 2.35. The number of carbonyl (C=O) groups excluding carboxylic acids is 4. The lowest BCUT2D eigenvalue weighted by atomic mass is 9.98. The molecule has 1 unspecified atom stereocenters. The van der Waals surface area contributed by atoms with Crippen molar-refractivity contribution < 1.29 is 38.1 Å². The van der Waals surface area contributed by atoms with Gasteiger partial charge in [0.15, 0.2) is 18.0 Å². The Kier molecular flexibility index (Phi) is 14.3. The van der Waals surface area contributed by atoms with E-state index < -0.39 is 54.1 Å². The summed E-state index contributed by atoms with van der Waals surface area (Å²) in [7, 11) is 3.00. The third-order valence-corrected chi connectivity index (χ3v) is 8.62. The van der Waals surface area contributed by atoms with Crippen molar-refractivity contribution >= 4 is 23.6 Å². The van der Waals surface area contributed by atoms with Crippen LogP contribution in [0.15, 0.2) is 48.5 Å². The minimum Gasteiger partial charge on any atom is -0.361 e. The number of carbonyl (C=O) groups is 4. The molecule has 2 aromatic carbocycles. The first kappa shape index (κ1) is 39.6. The van der Waals surface area contributed by atoms with E-state index in [1.54, 1.807) is 13.8 Å². The molecule has 49 heavy (non-hydrogen) atoms. The molecule has 1 saturated heterocycles. The van der Waals surface area contributed by atoms with Gasteiger partial charge in [-0.3, -0.25) is 19.2 Å². The number of hydrogen-bond donors (Lipinski definition) is 4. The average molecular weight is 683 g/mol. The van der Waals surface area contributed by atoms with Gasteiger partial charge in [-0.2, -0.15) is 0 Å². The van der Waals surface area contributed by atoms with E-state index >= 15 is 0 Å². The Labute approximate surface area is 290 Å². The highest BCUT2D eigenvalue weighted by atomic mass is 16.8. The van der Waals surface area contributed by atoms with Crippen LogP contribution >= 0.6 is 0 Å². The lowest BCUT2D eigenvalue weighted by molar-refractivity contribution is -0.172. The summed E-state index contributed by atoms with van der Waals surface area (Å²) in [5.41, 5.74) is 3.61. The SMILES string of the molecule is CNC(=O)[C@@H](NC(=O)C(OCc1ccccc1C)[C@@H]1OC(C)(C)O[C@H]1[C@@H](OCc1ccccc1C)C(=O)N[C@H](C(=O)NC)C(C)C)C(C)C. The second kappa shape index (κ2) is 17.7. The second-order valence-corrected chi connectivity index (χ2v) is 13.6. The molecule has 12 nitrogen and oxygen atoms in total. The molecule has 0 bridgehead atoms. The normalized spacial score (nSPS) is 19.5. The van der Waals surface area contributed by atoms with Crippen LogP contribution in [0.25, 0.3) is 0 Å². The number of ether oxygens (including phenoxy) is 4. The zero-order valence-electron chi connectivity index (χ0n) is 30.4. The third kappa shape index (κ3) is 10.6. The molecule has 1 fully saturated rings. The van der Waals surface area contributed by atoms with Crippen LogP contribution in [-0.2, 0) is 51.3 Å². The first-order valence-corrected chi connectivity index (χ1v) is 16.8. The molecule has 0 spiro atoms. The predicted octanol–water partition coefficient (Wildman–Crippen LogP) is 3.07. The van der Waals surface area contributed by atoms with Gasteiger partial charge >= 0.3 is 0 Å². The van der Waals surface area contributed by atoms with Crippen LogP contribution < -0.4 is 21.3 Å². The van der Waals surface area contributed by atoms with Crippen LogP contribution in [0.2, 0.25) is 0 Å². The molecule has 270 valence electrons. The summed E-state index contributed by atoms with van der Waals surface area (Å²) in [4.78, 5) is 53.9. The van der Waals surface area contributed by atoms with Gasteiger partial charge in [0, 0.05) is 14.1 Å². The number of nitrogens with one attached hydrogen (secondary N) is 4. The van der Waals surface area contributed by atoms with Gasteiger partial charge in [0.05, 0.1) is 13.2 Å². The van der Waals surface area contributed by atoms with Crippen molar-refractivity contribution in [3.05, 3.63) is 70.8 Å². The molecule has 12 heteroatoms. The topological polar surface area (TPSA) is 153 Å². The molecule has 1 aliphatic heterocycles. The fourth-order valence-corrected chi connectivity index (χ4v) is 5.68. The molecule has 4 N–H and O–H groups in total. The smallest absolute Gasteiger partial charge is 0.252 e. The maximum atomic E-state index is 14.2. The van der Waals surface area contributed by atoms with Gasteiger partial charge in [0.25, 0.3) is 11.8 Å². The lowest BCUT2D eigenvalue weighted by Crippen LogP contribution is -2.59. The van der Waals surface area contributed by atoms with Crippen LogP contribution in [0.1, 0.15) is 63.8 Å². The summed E-state index contributed by atoms with van der Waals surface area (Å²) in [6.45, 7) is 14.6. The van der Waals surface area contributed by atoms with Crippen molar-refractivity contribution in [2.75, 3.05) is 14.1 Å². The quantitative estimate of drug-likeness (QED) is 0.211. The van der Waals surface area contributed by atoms with Crippen LogP contribution in [0.3, 0.4) is 0 Å². The van der Waals surface area contributed by atoms with E-state index in [0.717, 1.165) is 22.3 Å². The Morgan fingerprint density at radius 2 is 1.00 bits per heavy atom. The van der Waals surface area contributed by atoms with E-state index in [1.807, 2.05) is 90.1 Å². The Morgan fingerprint density at radius 3 is 1.31 bits per heavy atom. The first-order chi connectivity index (χ1) is 23.1. The lowest BCUT2D eigenvalue weighted by Gasteiger charge is -2.32. The van der Waals surface area contributed by atoms with E-state index in [0.29, 0.717) is 0 Å². The van der Waals surface area contributed by atoms with E-state index in [-0.39, 0.29) is 36.9 Å². The maximum Gasteiger partial charge on any atom is 0.252 e. The zero-order valence-corrected chi connectivity index (χ0v) is 30.4. The Morgan fingerprint density at radius 1 is 0.653 bits per heavy atom. The third-order valence-electron chi connectivity index (χ3n) is 8.62. The standard InChI is InChI=1S/C37H54N4O8/c1-21(2)27(33(42)38-9)40-35(44)31(46-19-25-17-13-11-15-23(25)5)29-30(49-37(7,8)48-29)32(47-20-26-18-14-12-16-24(26)6)36(45)41-28(22(3)4)34(43)39-10/h11-18,21-22,27-32H,19-20H2,1-10H3,(H,38,42)(H,39,43)(H,40,44)(H,41,45)/t27-,28-,29+,30+,31+,32?/m0/s1. The highest BCUT2D eigenvalue weighted by Gasteiger charge is 2.54. The number of likely N-dealkylation sites (N-methyl/N-ethyl adjacent to an activating group) is 2. The molecule has 0 aromatic heterocycles. The second-order valence-electron chi connectivity index (χ2n) is 13.6. The van der Waals surface area contributed by atoms with E-state index in [2.05, 4.69) is 21.3 Å². The van der Waals surface area contributed by atoms with Crippen molar-refractivity contribution in [1.29, 1.82) is 0 Å². The molecule has 0 radical (unpaired) electrons. The molecule has 4 amide bonds. The maximum absolute atomic E-state index is 14.2. The van der Waals surface area contributed by atoms with E-state index in [9.17, 15) is 19.2 Å². The molecule has 0 saturated carbocycles. The minimum atomic E-state index is -1.34. The number of benzene rings is 2. The monoisotopic (exact) mass is 682 g/mol. The molecule has 0 aliphatic carbocycles. The zero-order chi connectivity index (χ0) is 36.5. The minimum absolute atomic E-state index is 0.0388. The van der Waals surface area contributed by atoms with Crippen molar-refractivity contribution in [3.8, 4) is 0 Å². The van der Waals surface area contributed by atoms with Crippen molar-refractivity contribution in [1.82, 2.24) is 21.3 Å². The Bertz CT molecular complexity index is 1340. The molecule has 6 atom stereocenters. The first-order valence-electron chi connectivity index (χ1n) is 16.8. The largest absolute Gasteiger partial charge is 0.361 e. The summed E-state index contributed by atoms with van der Waals surface area (Å²) in [6, 6.07) is 13.5. The molecular weight excluding hydrogens is 628 g/mol. The Balaban J connectivity index is 2.08.